The van der Waals surface area contributed by atoms with Crippen molar-refractivity contribution in [1.29, 1.82) is 0 Å². The maximum atomic E-state index is 5.51. The molecule has 0 aliphatic carbocycles. The average Bonchev–Trinajstić information content (AvgIpc) is 2.78. The smallest absolute Gasteiger partial charge is 0.122 e. The molecule has 100 valence electrons. The molecule has 0 aromatic heterocycles. The zero-order valence-corrected chi connectivity index (χ0v) is 11.9. The maximum absolute atomic E-state index is 5.51. The van der Waals surface area contributed by atoms with Crippen molar-refractivity contribution < 1.29 is 4.74 Å². The second kappa shape index (κ2) is 5.75. The van der Waals surface area contributed by atoms with Crippen molar-refractivity contribution in [3.05, 3.63) is 29.3 Å². The fourth-order valence-corrected chi connectivity index (χ4v) is 3.21. The highest BCUT2D eigenvalue weighted by Gasteiger charge is 2.33. The van der Waals surface area contributed by atoms with E-state index in [1.54, 1.807) is 7.11 Å². The van der Waals surface area contributed by atoms with Gasteiger partial charge < -0.3 is 10.1 Å². The minimum absolute atomic E-state index is 0.301. The van der Waals surface area contributed by atoms with Crippen LogP contribution in [0.4, 0.5) is 0 Å². The van der Waals surface area contributed by atoms with Crippen molar-refractivity contribution in [3.8, 4) is 5.75 Å². The number of benzene rings is 1. The molecule has 1 aliphatic heterocycles. The Bertz CT molecular complexity index is 394. The van der Waals surface area contributed by atoms with Gasteiger partial charge in [-0.15, -0.1) is 0 Å². The van der Waals surface area contributed by atoms with Crippen LogP contribution in [-0.2, 0) is 6.42 Å². The number of rotatable bonds is 5. The lowest BCUT2D eigenvalue weighted by Crippen LogP contribution is -2.41. The zero-order valence-electron chi connectivity index (χ0n) is 11.9. The molecule has 0 bridgehead atoms. The van der Waals surface area contributed by atoms with Crippen LogP contribution >= 0.6 is 0 Å². The van der Waals surface area contributed by atoms with Gasteiger partial charge in [-0.1, -0.05) is 31.0 Å². The molecule has 1 aromatic rings. The normalized spacial score (nSPS) is 23.3. The van der Waals surface area contributed by atoms with Crippen LogP contribution in [0.1, 0.15) is 43.7 Å². The van der Waals surface area contributed by atoms with E-state index in [-0.39, 0.29) is 0 Å². The number of methoxy groups -OCH3 is 1. The lowest BCUT2D eigenvalue weighted by molar-refractivity contribution is 0.333. The van der Waals surface area contributed by atoms with Crippen LogP contribution in [0.3, 0.4) is 0 Å². The Kier molecular flexibility index (Phi) is 4.28. The van der Waals surface area contributed by atoms with Gasteiger partial charge in [0.2, 0.25) is 0 Å². The Morgan fingerprint density at radius 3 is 2.83 bits per heavy atom. The molecule has 1 atom stereocenters. The fraction of sp³-hybridized carbons (Fsp3) is 0.625. The highest BCUT2D eigenvalue weighted by Crippen LogP contribution is 2.32. The molecule has 2 heteroatoms. The highest BCUT2D eigenvalue weighted by atomic mass is 16.5. The van der Waals surface area contributed by atoms with E-state index in [0.717, 1.165) is 18.7 Å². The van der Waals surface area contributed by atoms with Crippen molar-refractivity contribution in [2.24, 2.45) is 0 Å². The summed E-state index contributed by atoms with van der Waals surface area (Å²) in [5.41, 5.74) is 2.96. The average molecular weight is 247 g/mol. The van der Waals surface area contributed by atoms with Gasteiger partial charge in [0.05, 0.1) is 7.11 Å². The SMILES string of the molecule is CCCC1(Cc2cc(C)ccc2OC)CCCN1. The quantitative estimate of drug-likeness (QED) is 0.860. The molecule has 1 aromatic carbocycles. The second-order valence-corrected chi connectivity index (χ2v) is 5.55. The van der Waals surface area contributed by atoms with Crippen molar-refractivity contribution in [2.45, 2.75) is 51.5 Å². The van der Waals surface area contributed by atoms with Gasteiger partial charge in [0.1, 0.15) is 5.75 Å². The van der Waals surface area contributed by atoms with E-state index in [1.807, 2.05) is 0 Å². The first-order valence-electron chi connectivity index (χ1n) is 7.08. The molecule has 0 spiro atoms. The molecule has 0 amide bonds. The summed E-state index contributed by atoms with van der Waals surface area (Å²) in [4.78, 5) is 0. The number of hydrogen-bond donors (Lipinski definition) is 1. The summed E-state index contributed by atoms with van der Waals surface area (Å²) >= 11 is 0. The summed E-state index contributed by atoms with van der Waals surface area (Å²) in [6, 6.07) is 6.49. The lowest BCUT2D eigenvalue weighted by Gasteiger charge is -2.30. The van der Waals surface area contributed by atoms with Crippen LogP contribution in [0.25, 0.3) is 0 Å². The van der Waals surface area contributed by atoms with Gasteiger partial charge in [-0.3, -0.25) is 0 Å². The lowest BCUT2D eigenvalue weighted by atomic mass is 9.84. The first-order chi connectivity index (χ1) is 8.69. The molecule has 1 aliphatic rings. The van der Waals surface area contributed by atoms with E-state index in [1.165, 1.54) is 36.8 Å². The maximum Gasteiger partial charge on any atom is 0.122 e. The molecular formula is C16H25NO. The Morgan fingerprint density at radius 2 is 2.22 bits per heavy atom. The van der Waals surface area contributed by atoms with Crippen molar-refractivity contribution in [3.63, 3.8) is 0 Å². The molecule has 1 N–H and O–H groups in total. The summed E-state index contributed by atoms with van der Waals surface area (Å²) < 4.78 is 5.51. The minimum atomic E-state index is 0.301. The monoisotopic (exact) mass is 247 g/mol. The topological polar surface area (TPSA) is 21.3 Å². The highest BCUT2D eigenvalue weighted by molar-refractivity contribution is 5.38. The molecule has 1 saturated heterocycles. The van der Waals surface area contributed by atoms with Gasteiger partial charge in [-0.25, -0.2) is 0 Å². The minimum Gasteiger partial charge on any atom is -0.496 e. The third-order valence-corrected chi connectivity index (χ3v) is 4.03. The van der Waals surface area contributed by atoms with Gasteiger partial charge in [0, 0.05) is 5.54 Å². The molecule has 2 rings (SSSR count). The van der Waals surface area contributed by atoms with E-state index in [0.29, 0.717) is 5.54 Å². The van der Waals surface area contributed by atoms with Crippen LogP contribution < -0.4 is 10.1 Å². The van der Waals surface area contributed by atoms with Crippen molar-refractivity contribution in [1.82, 2.24) is 5.32 Å². The molecule has 2 nitrogen and oxygen atoms in total. The molecule has 1 fully saturated rings. The zero-order chi connectivity index (χ0) is 13.0. The van der Waals surface area contributed by atoms with E-state index in [4.69, 9.17) is 4.74 Å². The van der Waals surface area contributed by atoms with Crippen molar-refractivity contribution in [2.75, 3.05) is 13.7 Å². The molecule has 0 radical (unpaired) electrons. The summed E-state index contributed by atoms with van der Waals surface area (Å²) in [5.74, 6) is 1.03. The third kappa shape index (κ3) is 2.86. The first kappa shape index (κ1) is 13.4. The van der Waals surface area contributed by atoms with E-state index < -0.39 is 0 Å². The van der Waals surface area contributed by atoms with Gasteiger partial charge in [0.15, 0.2) is 0 Å². The Morgan fingerprint density at radius 1 is 1.39 bits per heavy atom. The van der Waals surface area contributed by atoms with Crippen LogP contribution in [-0.4, -0.2) is 19.2 Å². The predicted octanol–water partition coefficient (Wildman–Crippen LogP) is 3.47. The van der Waals surface area contributed by atoms with Crippen LogP contribution in [0, 0.1) is 6.92 Å². The molecule has 0 saturated carbocycles. The summed E-state index contributed by atoms with van der Waals surface area (Å²) in [6.07, 6.45) is 6.17. The van der Waals surface area contributed by atoms with Gasteiger partial charge in [-0.2, -0.15) is 0 Å². The van der Waals surface area contributed by atoms with Gasteiger partial charge in [0.25, 0.3) is 0 Å². The van der Waals surface area contributed by atoms with Crippen molar-refractivity contribution >= 4 is 0 Å². The van der Waals surface area contributed by atoms with E-state index in [9.17, 15) is 0 Å². The predicted molar refractivity (Wildman–Crippen MR) is 76.3 cm³/mol. The second-order valence-electron chi connectivity index (χ2n) is 5.55. The molecular weight excluding hydrogens is 222 g/mol. The Hall–Kier alpha value is -1.02. The Balaban J connectivity index is 2.23. The number of nitrogens with one attached hydrogen (secondary N) is 1. The van der Waals surface area contributed by atoms with Crippen LogP contribution in [0.5, 0.6) is 5.75 Å². The van der Waals surface area contributed by atoms with E-state index in [2.05, 4.69) is 37.4 Å². The first-order valence-corrected chi connectivity index (χ1v) is 7.08. The van der Waals surface area contributed by atoms with Gasteiger partial charge >= 0.3 is 0 Å². The van der Waals surface area contributed by atoms with Gasteiger partial charge in [-0.05, 0) is 50.8 Å². The standard InChI is InChI=1S/C16H25NO/c1-4-8-16(9-5-10-17-16)12-14-11-13(2)6-7-15(14)18-3/h6-7,11,17H,4-5,8-10,12H2,1-3H3. The van der Waals surface area contributed by atoms with Crippen LogP contribution in [0.15, 0.2) is 18.2 Å². The third-order valence-electron chi connectivity index (χ3n) is 4.03. The number of hydrogen-bond acceptors (Lipinski definition) is 2. The molecule has 1 unspecified atom stereocenters. The molecule has 1 heterocycles. The molecule has 18 heavy (non-hydrogen) atoms. The largest absolute Gasteiger partial charge is 0.496 e. The Labute approximate surface area is 111 Å². The number of aryl methyl sites for hydroxylation is 1. The van der Waals surface area contributed by atoms with Crippen LogP contribution in [0.2, 0.25) is 0 Å². The summed E-state index contributed by atoms with van der Waals surface area (Å²) in [5, 5.41) is 3.73. The fourth-order valence-electron chi connectivity index (χ4n) is 3.21. The number of ether oxygens (including phenoxy) is 1. The summed E-state index contributed by atoms with van der Waals surface area (Å²) in [7, 11) is 1.77. The summed E-state index contributed by atoms with van der Waals surface area (Å²) in [6.45, 7) is 5.58. The van der Waals surface area contributed by atoms with E-state index >= 15 is 0 Å².